The first-order valence-corrected chi connectivity index (χ1v) is 8.60. The third-order valence-electron chi connectivity index (χ3n) is 4.73. The lowest BCUT2D eigenvalue weighted by Gasteiger charge is -2.16. The lowest BCUT2D eigenvalue weighted by Crippen LogP contribution is -2.37. The highest BCUT2D eigenvalue weighted by Crippen LogP contribution is 2.38. The molecule has 1 aromatic rings. The van der Waals surface area contributed by atoms with Crippen molar-refractivity contribution in [1.29, 1.82) is 0 Å². The summed E-state index contributed by atoms with van der Waals surface area (Å²) in [5.74, 6) is 2.11. The van der Waals surface area contributed by atoms with Crippen LogP contribution in [0, 0.1) is 0 Å². The van der Waals surface area contributed by atoms with E-state index in [4.69, 9.17) is 4.52 Å². The monoisotopic (exact) mass is 318 g/mol. The summed E-state index contributed by atoms with van der Waals surface area (Å²) in [6.45, 7) is 0.670. The maximum Gasteiger partial charge on any atom is 0.226 e. The van der Waals surface area contributed by atoms with Gasteiger partial charge in [-0.2, -0.15) is 4.98 Å². The summed E-state index contributed by atoms with van der Waals surface area (Å²) >= 11 is 0. The van der Waals surface area contributed by atoms with Crippen LogP contribution in [-0.4, -0.2) is 45.5 Å². The van der Waals surface area contributed by atoms with E-state index in [2.05, 4.69) is 15.5 Å². The molecule has 1 unspecified atom stereocenters. The van der Waals surface area contributed by atoms with Crippen molar-refractivity contribution in [2.75, 3.05) is 6.54 Å². The minimum atomic E-state index is -0.0273. The largest absolute Gasteiger partial charge is 0.351 e. The zero-order chi connectivity index (χ0) is 15.8. The van der Waals surface area contributed by atoms with E-state index in [1.54, 1.807) is 0 Å². The molecule has 7 heteroatoms. The third-order valence-corrected chi connectivity index (χ3v) is 4.73. The molecule has 3 fully saturated rings. The van der Waals surface area contributed by atoms with Crippen molar-refractivity contribution in [2.24, 2.45) is 0 Å². The Morgan fingerprint density at radius 2 is 2.13 bits per heavy atom. The first kappa shape index (κ1) is 14.7. The summed E-state index contributed by atoms with van der Waals surface area (Å²) in [7, 11) is 0. The van der Waals surface area contributed by atoms with Crippen molar-refractivity contribution in [2.45, 2.75) is 69.4 Å². The Balaban J connectivity index is 1.17. The Labute approximate surface area is 134 Å². The van der Waals surface area contributed by atoms with Gasteiger partial charge in [0, 0.05) is 37.8 Å². The number of aromatic nitrogens is 2. The summed E-state index contributed by atoms with van der Waals surface area (Å²) in [6, 6.07) is 0.406. The van der Waals surface area contributed by atoms with Crippen LogP contribution in [0.2, 0.25) is 0 Å². The number of likely N-dealkylation sites (tertiary alicyclic amines) is 1. The molecule has 0 bridgehead atoms. The number of rotatable bonds is 7. The summed E-state index contributed by atoms with van der Waals surface area (Å²) in [5, 5.41) is 6.94. The number of carbonyl (C=O) groups excluding carboxylic acids is 2. The van der Waals surface area contributed by atoms with Gasteiger partial charge in [-0.3, -0.25) is 9.59 Å². The number of amides is 2. The number of carbonyl (C=O) groups is 2. The number of nitrogens with zero attached hydrogens (tertiary/aromatic N) is 3. The van der Waals surface area contributed by atoms with Crippen molar-refractivity contribution >= 4 is 11.8 Å². The minimum Gasteiger partial charge on any atom is -0.351 e. The van der Waals surface area contributed by atoms with E-state index in [0.29, 0.717) is 50.1 Å². The number of nitrogens with one attached hydrogen (secondary N) is 1. The summed E-state index contributed by atoms with van der Waals surface area (Å²) in [6.07, 6.45) is 6.71. The molecule has 124 valence electrons. The van der Waals surface area contributed by atoms with Crippen LogP contribution in [0.25, 0.3) is 0 Å². The average molecular weight is 318 g/mol. The fourth-order valence-corrected chi connectivity index (χ4v) is 3.14. The van der Waals surface area contributed by atoms with E-state index < -0.39 is 0 Å². The van der Waals surface area contributed by atoms with Crippen LogP contribution >= 0.6 is 0 Å². The van der Waals surface area contributed by atoms with E-state index in [1.807, 2.05) is 4.90 Å². The predicted molar refractivity (Wildman–Crippen MR) is 80.5 cm³/mol. The first-order valence-electron chi connectivity index (χ1n) is 8.60. The zero-order valence-electron chi connectivity index (χ0n) is 13.2. The van der Waals surface area contributed by atoms with Gasteiger partial charge in [0.25, 0.3) is 0 Å². The Morgan fingerprint density at radius 1 is 1.30 bits per heavy atom. The normalized spacial score (nSPS) is 24.3. The fraction of sp³-hybridized carbons (Fsp3) is 0.750. The van der Waals surface area contributed by atoms with Gasteiger partial charge in [-0.1, -0.05) is 5.16 Å². The molecule has 1 N–H and O–H groups in total. The standard InChI is InChI=1S/C16H22N4O3/c21-13(17-11-8-15(22)20(9-11)12-6-7-12)2-1-3-14-18-16(19-23-14)10-4-5-10/h10-12H,1-9H2,(H,17,21). The SMILES string of the molecule is O=C(CCCc1nc(C2CC2)no1)NC1CC(=O)N(C2CC2)C1. The molecule has 0 radical (unpaired) electrons. The number of aryl methyl sites for hydroxylation is 1. The van der Waals surface area contributed by atoms with Crippen molar-refractivity contribution < 1.29 is 14.1 Å². The Bertz CT molecular complexity index is 606. The Morgan fingerprint density at radius 3 is 2.87 bits per heavy atom. The number of hydrogen-bond acceptors (Lipinski definition) is 5. The van der Waals surface area contributed by atoms with E-state index >= 15 is 0 Å². The van der Waals surface area contributed by atoms with Gasteiger partial charge >= 0.3 is 0 Å². The van der Waals surface area contributed by atoms with Gasteiger partial charge in [0.05, 0.1) is 6.04 Å². The molecule has 2 heterocycles. The van der Waals surface area contributed by atoms with Gasteiger partial charge in [-0.25, -0.2) is 0 Å². The van der Waals surface area contributed by atoms with Crippen LogP contribution < -0.4 is 5.32 Å². The van der Waals surface area contributed by atoms with Crippen LogP contribution in [0.5, 0.6) is 0 Å². The minimum absolute atomic E-state index is 0.00220. The predicted octanol–water partition coefficient (Wildman–Crippen LogP) is 1.15. The highest BCUT2D eigenvalue weighted by atomic mass is 16.5. The van der Waals surface area contributed by atoms with Crippen molar-refractivity contribution in [3.05, 3.63) is 11.7 Å². The summed E-state index contributed by atoms with van der Waals surface area (Å²) in [4.78, 5) is 30.1. The maximum atomic E-state index is 12.0. The lowest BCUT2D eigenvalue weighted by atomic mass is 10.2. The second-order valence-corrected chi connectivity index (χ2v) is 6.92. The van der Waals surface area contributed by atoms with E-state index in [-0.39, 0.29) is 17.9 Å². The van der Waals surface area contributed by atoms with Crippen LogP contribution in [0.1, 0.15) is 62.6 Å². The second kappa shape index (κ2) is 5.94. The highest BCUT2D eigenvalue weighted by molar-refractivity contribution is 5.82. The van der Waals surface area contributed by atoms with Crippen LogP contribution in [0.15, 0.2) is 4.52 Å². The fourth-order valence-electron chi connectivity index (χ4n) is 3.14. The Hall–Kier alpha value is -1.92. The second-order valence-electron chi connectivity index (χ2n) is 6.92. The Kier molecular flexibility index (Phi) is 3.79. The lowest BCUT2D eigenvalue weighted by molar-refractivity contribution is -0.128. The van der Waals surface area contributed by atoms with E-state index in [1.165, 1.54) is 0 Å². The molecular weight excluding hydrogens is 296 g/mol. The van der Waals surface area contributed by atoms with Gasteiger partial charge in [0.2, 0.25) is 17.7 Å². The quantitative estimate of drug-likeness (QED) is 0.814. The van der Waals surface area contributed by atoms with Crippen LogP contribution in [-0.2, 0) is 16.0 Å². The van der Waals surface area contributed by atoms with Crippen molar-refractivity contribution in [3.8, 4) is 0 Å². The smallest absolute Gasteiger partial charge is 0.226 e. The summed E-state index contributed by atoms with van der Waals surface area (Å²) < 4.78 is 5.20. The highest BCUT2D eigenvalue weighted by Gasteiger charge is 2.39. The molecule has 2 aliphatic carbocycles. The molecule has 7 nitrogen and oxygen atoms in total. The molecule has 0 spiro atoms. The zero-order valence-corrected chi connectivity index (χ0v) is 13.2. The molecule has 23 heavy (non-hydrogen) atoms. The molecular formula is C16H22N4O3. The van der Waals surface area contributed by atoms with E-state index in [0.717, 1.165) is 31.5 Å². The molecule has 2 saturated carbocycles. The van der Waals surface area contributed by atoms with Crippen molar-refractivity contribution in [3.63, 3.8) is 0 Å². The molecule has 1 atom stereocenters. The molecule has 1 aliphatic heterocycles. The molecule has 4 rings (SSSR count). The maximum absolute atomic E-state index is 12.0. The number of hydrogen-bond donors (Lipinski definition) is 1. The topological polar surface area (TPSA) is 88.3 Å². The average Bonchev–Trinajstić information content (AvgIpc) is 3.44. The molecule has 1 saturated heterocycles. The molecule has 2 amide bonds. The van der Waals surface area contributed by atoms with Gasteiger partial charge in [0.15, 0.2) is 5.82 Å². The van der Waals surface area contributed by atoms with Gasteiger partial charge in [0.1, 0.15) is 0 Å². The van der Waals surface area contributed by atoms with Gasteiger partial charge in [-0.15, -0.1) is 0 Å². The molecule has 0 aromatic carbocycles. The molecule has 3 aliphatic rings. The molecule has 1 aromatic heterocycles. The first-order chi connectivity index (χ1) is 11.2. The van der Waals surface area contributed by atoms with Gasteiger partial charge in [-0.05, 0) is 32.1 Å². The van der Waals surface area contributed by atoms with Crippen molar-refractivity contribution in [1.82, 2.24) is 20.4 Å². The van der Waals surface area contributed by atoms with Gasteiger partial charge < -0.3 is 14.7 Å². The third kappa shape index (κ3) is 3.54. The summed E-state index contributed by atoms with van der Waals surface area (Å²) in [5.41, 5.74) is 0. The van der Waals surface area contributed by atoms with Crippen LogP contribution in [0.4, 0.5) is 0 Å². The van der Waals surface area contributed by atoms with E-state index in [9.17, 15) is 9.59 Å². The van der Waals surface area contributed by atoms with Crippen LogP contribution in [0.3, 0.4) is 0 Å².